The molecule has 0 aliphatic carbocycles. The van der Waals surface area contributed by atoms with E-state index >= 15 is 0 Å². The average Bonchev–Trinajstić information content (AvgIpc) is 2.33. The highest BCUT2D eigenvalue weighted by Crippen LogP contribution is 2.24. The van der Waals surface area contributed by atoms with Crippen molar-refractivity contribution < 1.29 is 24.2 Å². The second-order valence-electron chi connectivity index (χ2n) is 6.12. The van der Waals surface area contributed by atoms with Crippen LogP contribution in [0, 0.1) is 0 Å². The molecular formula is C14H25NO5. The van der Waals surface area contributed by atoms with E-state index in [9.17, 15) is 9.59 Å². The van der Waals surface area contributed by atoms with Gasteiger partial charge in [0.15, 0.2) is 6.10 Å². The third kappa shape index (κ3) is 5.00. The Hall–Kier alpha value is -1.30. The van der Waals surface area contributed by atoms with E-state index in [1.54, 1.807) is 4.90 Å². The first-order chi connectivity index (χ1) is 9.24. The van der Waals surface area contributed by atoms with Gasteiger partial charge in [0.2, 0.25) is 0 Å². The molecule has 1 heterocycles. The summed E-state index contributed by atoms with van der Waals surface area (Å²) in [5, 5.41) is 9.06. The molecule has 2 atom stereocenters. The Morgan fingerprint density at radius 3 is 2.50 bits per heavy atom. The molecule has 1 fully saturated rings. The molecule has 0 spiro atoms. The molecule has 20 heavy (non-hydrogen) atoms. The number of nitrogens with zero attached hydrogens (tertiary/aromatic N) is 1. The lowest BCUT2D eigenvalue weighted by atomic mass is 9.97. The molecule has 0 radical (unpaired) electrons. The van der Waals surface area contributed by atoms with E-state index in [4.69, 9.17) is 14.6 Å². The number of aliphatic carboxylic acids is 1. The number of methoxy groups -OCH3 is 1. The minimum atomic E-state index is -0.998. The van der Waals surface area contributed by atoms with Crippen LogP contribution < -0.4 is 0 Å². The van der Waals surface area contributed by atoms with Gasteiger partial charge in [-0.15, -0.1) is 0 Å². The standard InChI is InChI=1S/C14H25NO5/c1-14(2,3)20-13(18)15-8-6-5-7-10(15)9-11(19-4)12(16)17/h10-11H,5-9H2,1-4H3,(H,16,17). The number of carbonyl (C=O) groups excluding carboxylic acids is 1. The number of carboxylic acid groups (broad SMARTS) is 1. The highest BCUT2D eigenvalue weighted by atomic mass is 16.6. The normalized spacial score (nSPS) is 21.4. The highest BCUT2D eigenvalue weighted by Gasteiger charge is 2.33. The Balaban J connectivity index is 2.71. The molecule has 0 aromatic heterocycles. The van der Waals surface area contributed by atoms with Crippen molar-refractivity contribution in [1.29, 1.82) is 0 Å². The Bertz CT molecular complexity index is 350. The molecule has 0 aromatic carbocycles. The fraction of sp³-hybridized carbons (Fsp3) is 0.857. The summed E-state index contributed by atoms with van der Waals surface area (Å²) in [5.41, 5.74) is -0.549. The van der Waals surface area contributed by atoms with Crippen LogP contribution in [0.2, 0.25) is 0 Å². The molecule has 1 saturated heterocycles. The highest BCUT2D eigenvalue weighted by molar-refractivity contribution is 5.73. The Labute approximate surface area is 120 Å². The summed E-state index contributed by atoms with van der Waals surface area (Å²) < 4.78 is 10.3. The van der Waals surface area contributed by atoms with Crippen molar-refractivity contribution >= 4 is 12.1 Å². The van der Waals surface area contributed by atoms with Gasteiger partial charge in [-0.3, -0.25) is 0 Å². The first kappa shape index (κ1) is 16.8. The smallest absolute Gasteiger partial charge is 0.410 e. The number of hydrogen-bond donors (Lipinski definition) is 1. The lowest BCUT2D eigenvalue weighted by Gasteiger charge is -2.37. The first-order valence-electron chi connectivity index (χ1n) is 7.00. The Morgan fingerprint density at radius 1 is 1.35 bits per heavy atom. The molecular weight excluding hydrogens is 262 g/mol. The van der Waals surface area contributed by atoms with E-state index in [0.29, 0.717) is 13.0 Å². The van der Waals surface area contributed by atoms with E-state index in [-0.39, 0.29) is 12.1 Å². The van der Waals surface area contributed by atoms with Crippen LogP contribution in [-0.2, 0) is 14.3 Å². The van der Waals surface area contributed by atoms with Gasteiger partial charge in [-0.25, -0.2) is 9.59 Å². The fourth-order valence-corrected chi connectivity index (χ4v) is 2.35. The SMILES string of the molecule is COC(CC1CCCCN1C(=O)OC(C)(C)C)C(=O)O. The maximum atomic E-state index is 12.2. The number of rotatable bonds is 4. The van der Waals surface area contributed by atoms with Gasteiger partial charge in [0, 0.05) is 26.1 Å². The summed E-state index contributed by atoms with van der Waals surface area (Å²) in [6.07, 6.45) is 1.73. The molecule has 116 valence electrons. The number of carboxylic acids is 1. The summed E-state index contributed by atoms with van der Waals surface area (Å²) >= 11 is 0. The predicted octanol–water partition coefficient (Wildman–Crippen LogP) is 2.27. The van der Waals surface area contributed by atoms with Crippen molar-refractivity contribution in [2.75, 3.05) is 13.7 Å². The van der Waals surface area contributed by atoms with Crippen molar-refractivity contribution in [3.63, 3.8) is 0 Å². The molecule has 1 aliphatic rings. The summed E-state index contributed by atoms with van der Waals surface area (Å²) in [6.45, 7) is 6.06. The fourth-order valence-electron chi connectivity index (χ4n) is 2.35. The minimum Gasteiger partial charge on any atom is -0.479 e. The number of piperidine rings is 1. The molecule has 0 aromatic rings. The van der Waals surface area contributed by atoms with Crippen molar-refractivity contribution in [1.82, 2.24) is 4.90 Å². The summed E-state index contributed by atoms with van der Waals surface area (Å²) in [4.78, 5) is 24.9. The largest absolute Gasteiger partial charge is 0.479 e. The van der Waals surface area contributed by atoms with Gasteiger partial charge in [0.05, 0.1) is 0 Å². The maximum absolute atomic E-state index is 12.2. The maximum Gasteiger partial charge on any atom is 0.410 e. The number of likely N-dealkylation sites (tertiary alicyclic amines) is 1. The zero-order valence-electron chi connectivity index (χ0n) is 12.7. The van der Waals surface area contributed by atoms with Crippen LogP contribution in [0.15, 0.2) is 0 Å². The van der Waals surface area contributed by atoms with Crippen LogP contribution in [0.1, 0.15) is 46.5 Å². The zero-order chi connectivity index (χ0) is 15.3. The van der Waals surface area contributed by atoms with Gasteiger partial charge in [-0.2, -0.15) is 0 Å². The Kier molecular flexibility index (Phi) is 5.80. The first-order valence-corrected chi connectivity index (χ1v) is 7.00. The van der Waals surface area contributed by atoms with Crippen molar-refractivity contribution in [2.24, 2.45) is 0 Å². The summed E-state index contributed by atoms with van der Waals surface area (Å²) in [6, 6.07) is -0.139. The number of carbonyl (C=O) groups is 2. The molecule has 0 bridgehead atoms. The van der Waals surface area contributed by atoms with Crippen LogP contribution >= 0.6 is 0 Å². The average molecular weight is 287 g/mol. The van der Waals surface area contributed by atoms with E-state index in [1.165, 1.54) is 7.11 Å². The van der Waals surface area contributed by atoms with Gasteiger partial charge in [0.1, 0.15) is 5.60 Å². The molecule has 6 nitrogen and oxygen atoms in total. The molecule has 1 rings (SSSR count). The van der Waals surface area contributed by atoms with Gasteiger partial charge in [0.25, 0.3) is 0 Å². The molecule has 1 N–H and O–H groups in total. The van der Waals surface area contributed by atoms with Crippen LogP contribution in [0.25, 0.3) is 0 Å². The summed E-state index contributed by atoms with van der Waals surface area (Å²) in [7, 11) is 1.37. The van der Waals surface area contributed by atoms with Crippen molar-refractivity contribution in [2.45, 2.75) is 64.2 Å². The molecule has 6 heteroatoms. The quantitative estimate of drug-likeness (QED) is 0.858. The zero-order valence-corrected chi connectivity index (χ0v) is 12.7. The van der Waals surface area contributed by atoms with Gasteiger partial charge >= 0.3 is 12.1 Å². The molecule has 2 unspecified atom stereocenters. The van der Waals surface area contributed by atoms with E-state index in [0.717, 1.165) is 19.3 Å². The lowest BCUT2D eigenvalue weighted by Crippen LogP contribution is -2.48. The monoisotopic (exact) mass is 287 g/mol. The predicted molar refractivity (Wildman–Crippen MR) is 73.6 cm³/mol. The van der Waals surface area contributed by atoms with E-state index in [2.05, 4.69) is 0 Å². The minimum absolute atomic E-state index is 0.139. The number of hydrogen-bond acceptors (Lipinski definition) is 4. The van der Waals surface area contributed by atoms with Crippen molar-refractivity contribution in [3.05, 3.63) is 0 Å². The molecule has 1 aliphatic heterocycles. The van der Waals surface area contributed by atoms with E-state index in [1.807, 2.05) is 20.8 Å². The number of amides is 1. The third-order valence-corrected chi connectivity index (χ3v) is 3.30. The van der Waals surface area contributed by atoms with Gasteiger partial charge < -0.3 is 19.5 Å². The van der Waals surface area contributed by atoms with Crippen LogP contribution in [0.4, 0.5) is 4.79 Å². The second kappa shape index (κ2) is 6.92. The summed E-state index contributed by atoms with van der Waals surface area (Å²) in [5.74, 6) is -0.998. The van der Waals surface area contributed by atoms with Gasteiger partial charge in [-0.05, 0) is 40.0 Å². The lowest BCUT2D eigenvalue weighted by molar-refractivity contribution is -0.150. The van der Waals surface area contributed by atoms with E-state index < -0.39 is 17.7 Å². The van der Waals surface area contributed by atoms with Crippen LogP contribution in [-0.4, -0.2) is 53.5 Å². The van der Waals surface area contributed by atoms with Crippen molar-refractivity contribution in [3.8, 4) is 0 Å². The third-order valence-electron chi connectivity index (χ3n) is 3.30. The van der Waals surface area contributed by atoms with Gasteiger partial charge in [-0.1, -0.05) is 0 Å². The second-order valence-corrected chi connectivity index (χ2v) is 6.12. The molecule has 0 saturated carbocycles. The van der Waals surface area contributed by atoms with Crippen LogP contribution in [0.5, 0.6) is 0 Å². The molecule has 1 amide bonds. The number of ether oxygens (including phenoxy) is 2. The van der Waals surface area contributed by atoms with Crippen LogP contribution in [0.3, 0.4) is 0 Å². The Morgan fingerprint density at radius 2 is 2.00 bits per heavy atom. The topological polar surface area (TPSA) is 76.1 Å².